The maximum Gasteiger partial charge on any atom is 0.0364 e. The average molecular weight is 183 g/mol. The molecule has 60 valence electrons. The van der Waals surface area contributed by atoms with E-state index in [0.29, 0.717) is 12.1 Å². The molecule has 4 heteroatoms. The van der Waals surface area contributed by atoms with Crippen molar-refractivity contribution >= 4 is 23.6 Å². The Morgan fingerprint density at radius 2 is 1.30 bits per heavy atom. The Morgan fingerprint density at radius 3 is 1.60 bits per heavy atom. The maximum absolute atomic E-state index is 5.88. The van der Waals surface area contributed by atoms with Crippen LogP contribution in [0.3, 0.4) is 0 Å². The van der Waals surface area contributed by atoms with Crippen LogP contribution in [0.4, 0.5) is 0 Å². The Bertz CT molecular complexity index is 94.3. The number of hydrogen-bond acceptors (Lipinski definition) is 2. The Kier molecular flexibility index (Phi) is 2.81. The van der Waals surface area contributed by atoms with Crippen LogP contribution in [0.1, 0.15) is 13.8 Å². The predicted octanol–water partition coefficient (Wildman–Crippen LogP) is 1.69. The van der Waals surface area contributed by atoms with Gasteiger partial charge in [-0.3, -0.25) is 0 Å². The molecule has 0 N–H and O–H groups in total. The number of halogens is 2. The molecule has 0 unspecified atom stereocenters. The quantitative estimate of drug-likeness (QED) is 0.527. The van der Waals surface area contributed by atoms with Crippen LogP contribution in [0.15, 0.2) is 0 Å². The third-order valence-corrected chi connectivity index (χ3v) is 2.78. The Hall–Kier alpha value is 0.500. The Morgan fingerprint density at radius 1 is 1.00 bits per heavy atom. The molecule has 0 radical (unpaired) electrons. The molecule has 1 rings (SSSR count). The maximum atomic E-state index is 5.88. The molecule has 0 aliphatic carbocycles. The SMILES string of the molecule is C[C@@H]1CN(Cl)[C@@H](C)CN1Cl. The van der Waals surface area contributed by atoms with Crippen LogP contribution in [0, 0.1) is 0 Å². The van der Waals surface area contributed by atoms with Crippen LogP contribution in [0.25, 0.3) is 0 Å². The van der Waals surface area contributed by atoms with Gasteiger partial charge in [0.1, 0.15) is 0 Å². The fraction of sp³-hybridized carbons (Fsp3) is 1.00. The summed E-state index contributed by atoms with van der Waals surface area (Å²) in [6.07, 6.45) is 0. The molecule has 0 saturated carbocycles. The highest BCUT2D eigenvalue weighted by Gasteiger charge is 2.26. The molecule has 0 aromatic carbocycles. The number of hydrogen-bond donors (Lipinski definition) is 0. The van der Waals surface area contributed by atoms with Crippen molar-refractivity contribution in [2.45, 2.75) is 25.9 Å². The zero-order chi connectivity index (χ0) is 7.72. The Balaban J connectivity index is 2.46. The van der Waals surface area contributed by atoms with Crippen LogP contribution in [0.2, 0.25) is 0 Å². The summed E-state index contributed by atoms with van der Waals surface area (Å²) >= 11 is 11.8. The summed E-state index contributed by atoms with van der Waals surface area (Å²) in [5.41, 5.74) is 0. The van der Waals surface area contributed by atoms with E-state index in [0.717, 1.165) is 13.1 Å². The Labute approximate surface area is 71.9 Å². The first-order valence-electron chi connectivity index (χ1n) is 3.46. The van der Waals surface area contributed by atoms with E-state index in [1.54, 1.807) is 0 Å². The molecule has 1 aliphatic rings. The normalized spacial score (nSPS) is 38.4. The summed E-state index contributed by atoms with van der Waals surface area (Å²) in [6, 6.07) is 0.714. The van der Waals surface area contributed by atoms with Crippen molar-refractivity contribution < 1.29 is 0 Å². The van der Waals surface area contributed by atoms with Gasteiger partial charge in [-0.15, -0.1) is 0 Å². The van der Waals surface area contributed by atoms with Crippen molar-refractivity contribution in [1.82, 2.24) is 8.84 Å². The molecule has 2 nitrogen and oxygen atoms in total. The molecule has 0 amide bonds. The molecule has 10 heavy (non-hydrogen) atoms. The molecule has 0 aromatic heterocycles. The van der Waals surface area contributed by atoms with Gasteiger partial charge in [-0.1, -0.05) is 0 Å². The van der Waals surface area contributed by atoms with Crippen molar-refractivity contribution in [2.24, 2.45) is 0 Å². The number of nitrogens with zero attached hydrogens (tertiary/aromatic N) is 2. The standard InChI is InChI=1S/C6H12Cl2N2/c1-5-3-10(8)6(2)4-9(5)7/h5-6H,3-4H2,1-2H3/t5-,6+. The summed E-state index contributed by atoms with van der Waals surface area (Å²) in [5, 5.41) is 0. The summed E-state index contributed by atoms with van der Waals surface area (Å²) in [7, 11) is 0. The van der Waals surface area contributed by atoms with Gasteiger partial charge in [0, 0.05) is 25.2 Å². The highest BCUT2D eigenvalue weighted by atomic mass is 35.5. The highest BCUT2D eigenvalue weighted by Crippen LogP contribution is 2.17. The van der Waals surface area contributed by atoms with E-state index in [4.69, 9.17) is 23.6 Å². The topological polar surface area (TPSA) is 6.48 Å². The van der Waals surface area contributed by atoms with E-state index >= 15 is 0 Å². The van der Waals surface area contributed by atoms with Gasteiger partial charge in [-0.05, 0) is 37.4 Å². The second kappa shape index (κ2) is 3.26. The molecule has 1 saturated heterocycles. The van der Waals surface area contributed by atoms with E-state index < -0.39 is 0 Å². The van der Waals surface area contributed by atoms with Gasteiger partial charge in [0.15, 0.2) is 0 Å². The van der Waals surface area contributed by atoms with Gasteiger partial charge in [-0.25, -0.2) is 8.84 Å². The van der Waals surface area contributed by atoms with Gasteiger partial charge in [0.05, 0.1) is 0 Å². The molecule has 1 heterocycles. The van der Waals surface area contributed by atoms with Crippen molar-refractivity contribution in [3.05, 3.63) is 0 Å². The minimum atomic E-state index is 0.357. The lowest BCUT2D eigenvalue weighted by Crippen LogP contribution is -2.48. The second-order valence-electron chi connectivity index (χ2n) is 2.86. The highest BCUT2D eigenvalue weighted by molar-refractivity contribution is 6.15. The van der Waals surface area contributed by atoms with Gasteiger partial charge >= 0.3 is 0 Å². The zero-order valence-corrected chi connectivity index (χ0v) is 7.73. The van der Waals surface area contributed by atoms with E-state index in [1.807, 2.05) is 8.84 Å². The van der Waals surface area contributed by atoms with E-state index in [1.165, 1.54) is 0 Å². The predicted molar refractivity (Wildman–Crippen MR) is 44.0 cm³/mol. The fourth-order valence-corrected chi connectivity index (χ4v) is 1.56. The molecule has 0 bridgehead atoms. The monoisotopic (exact) mass is 182 g/mol. The third kappa shape index (κ3) is 1.76. The average Bonchev–Trinajstić information content (AvgIpc) is 1.84. The van der Waals surface area contributed by atoms with E-state index in [9.17, 15) is 0 Å². The van der Waals surface area contributed by atoms with Crippen molar-refractivity contribution in [1.29, 1.82) is 0 Å². The smallest absolute Gasteiger partial charge is 0.0364 e. The van der Waals surface area contributed by atoms with Gasteiger partial charge < -0.3 is 0 Å². The van der Waals surface area contributed by atoms with Gasteiger partial charge in [-0.2, -0.15) is 0 Å². The zero-order valence-electron chi connectivity index (χ0n) is 6.22. The lowest BCUT2D eigenvalue weighted by atomic mass is 10.2. The van der Waals surface area contributed by atoms with Gasteiger partial charge in [0.2, 0.25) is 0 Å². The first kappa shape index (κ1) is 8.60. The fourth-order valence-electron chi connectivity index (χ4n) is 1.04. The minimum absolute atomic E-state index is 0.357. The first-order valence-corrected chi connectivity index (χ1v) is 4.13. The molecule has 2 atom stereocenters. The largest absolute Gasteiger partial charge is 0.214 e. The second-order valence-corrected chi connectivity index (χ2v) is 3.73. The summed E-state index contributed by atoms with van der Waals surface area (Å²) in [6.45, 7) is 5.81. The van der Waals surface area contributed by atoms with E-state index in [-0.39, 0.29) is 0 Å². The van der Waals surface area contributed by atoms with Crippen molar-refractivity contribution in [2.75, 3.05) is 13.1 Å². The van der Waals surface area contributed by atoms with Crippen molar-refractivity contribution in [3.63, 3.8) is 0 Å². The van der Waals surface area contributed by atoms with Crippen LogP contribution >= 0.6 is 23.6 Å². The first-order chi connectivity index (χ1) is 4.61. The molecule has 0 spiro atoms. The summed E-state index contributed by atoms with van der Waals surface area (Å²) in [5.74, 6) is 0. The summed E-state index contributed by atoms with van der Waals surface area (Å²) in [4.78, 5) is 0. The lowest BCUT2D eigenvalue weighted by Gasteiger charge is -2.36. The third-order valence-electron chi connectivity index (χ3n) is 1.83. The van der Waals surface area contributed by atoms with Crippen LogP contribution in [-0.4, -0.2) is 34.0 Å². The van der Waals surface area contributed by atoms with Gasteiger partial charge in [0.25, 0.3) is 0 Å². The minimum Gasteiger partial charge on any atom is -0.214 e. The van der Waals surface area contributed by atoms with E-state index in [2.05, 4.69) is 13.8 Å². The molecule has 0 aromatic rings. The number of rotatable bonds is 0. The lowest BCUT2D eigenvalue weighted by molar-refractivity contribution is 0.173. The van der Waals surface area contributed by atoms with Crippen LogP contribution in [0.5, 0.6) is 0 Å². The van der Waals surface area contributed by atoms with Crippen LogP contribution < -0.4 is 0 Å². The number of piperazine rings is 1. The molecule has 1 fully saturated rings. The molecular formula is C6H12Cl2N2. The summed E-state index contributed by atoms with van der Waals surface area (Å²) < 4.78 is 3.62. The molecule has 1 aliphatic heterocycles. The molecular weight excluding hydrogens is 171 g/mol. The van der Waals surface area contributed by atoms with Crippen LogP contribution in [-0.2, 0) is 0 Å². The van der Waals surface area contributed by atoms with Crippen molar-refractivity contribution in [3.8, 4) is 0 Å².